The van der Waals surface area contributed by atoms with E-state index in [0.717, 1.165) is 0 Å². The molecule has 0 radical (unpaired) electrons. The number of amides is 1. The fourth-order valence-electron chi connectivity index (χ4n) is 1.08. The van der Waals surface area contributed by atoms with Gasteiger partial charge in [-0.15, -0.1) is 0 Å². The number of alkyl carbamates (subject to hydrolysis) is 1. The Balaban J connectivity index is 4.47. The second-order valence-electron chi connectivity index (χ2n) is 5.02. The van der Waals surface area contributed by atoms with Crippen molar-refractivity contribution in [1.29, 1.82) is 0 Å². The molecule has 0 aromatic heterocycles. The topological polar surface area (TPSA) is 102 Å². The standard InChI is InChI=1S/C11H16F3NO6/c1-10(2,3)21-7(16)4-6(8(17)18)15-9(19)20-5-11(12,13)14/h6H,4-5H2,1-3H3,(H,15,19)(H,17,18)/t6-/m0/s1. The summed E-state index contributed by atoms with van der Waals surface area (Å²) in [5, 5.41) is 10.4. The van der Waals surface area contributed by atoms with Crippen LogP contribution in [-0.4, -0.2) is 47.6 Å². The molecule has 0 saturated heterocycles. The van der Waals surface area contributed by atoms with Gasteiger partial charge < -0.3 is 19.9 Å². The number of carbonyl (C=O) groups is 3. The van der Waals surface area contributed by atoms with Gasteiger partial charge in [0.25, 0.3) is 0 Å². The van der Waals surface area contributed by atoms with Crippen LogP contribution in [0.25, 0.3) is 0 Å². The van der Waals surface area contributed by atoms with Gasteiger partial charge in [0.1, 0.15) is 11.6 Å². The lowest BCUT2D eigenvalue weighted by atomic mass is 10.1. The largest absolute Gasteiger partial charge is 0.480 e. The molecule has 0 aliphatic carbocycles. The second kappa shape index (κ2) is 7.14. The fraction of sp³-hybridized carbons (Fsp3) is 0.727. The molecule has 0 aromatic carbocycles. The molecule has 0 spiro atoms. The number of carboxylic acid groups (broad SMARTS) is 1. The van der Waals surface area contributed by atoms with Crippen LogP contribution >= 0.6 is 0 Å². The molecule has 0 saturated carbocycles. The number of carboxylic acids is 1. The third-order valence-corrected chi connectivity index (χ3v) is 1.75. The average molecular weight is 315 g/mol. The van der Waals surface area contributed by atoms with Crippen molar-refractivity contribution in [2.45, 2.75) is 45.0 Å². The molecule has 0 aromatic rings. The summed E-state index contributed by atoms with van der Waals surface area (Å²) >= 11 is 0. The number of esters is 1. The van der Waals surface area contributed by atoms with Gasteiger partial charge in [0, 0.05) is 0 Å². The number of aliphatic carboxylic acids is 1. The minimum atomic E-state index is -4.73. The number of nitrogens with one attached hydrogen (secondary N) is 1. The van der Waals surface area contributed by atoms with Crippen molar-refractivity contribution in [2.24, 2.45) is 0 Å². The Kier molecular flexibility index (Phi) is 6.46. The lowest BCUT2D eigenvalue weighted by molar-refractivity contribution is -0.162. The Morgan fingerprint density at radius 2 is 1.71 bits per heavy atom. The molecule has 0 rings (SSSR count). The third kappa shape index (κ3) is 10.4. The lowest BCUT2D eigenvalue weighted by Crippen LogP contribution is -2.44. The summed E-state index contributed by atoms with van der Waals surface area (Å²) in [4.78, 5) is 33.3. The van der Waals surface area contributed by atoms with Gasteiger partial charge in [0.05, 0.1) is 6.42 Å². The van der Waals surface area contributed by atoms with Gasteiger partial charge in [-0.3, -0.25) is 4.79 Å². The summed E-state index contributed by atoms with van der Waals surface area (Å²) in [5.41, 5.74) is -0.864. The maximum Gasteiger partial charge on any atom is 0.422 e. The summed E-state index contributed by atoms with van der Waals surface area (Å²) in [6.07, 6.45) is -7.07. The lowest BCUT2D eigenvalue weighted by Gasteiger charge is -2.21. The molecular weight excluding hydrogens is 299 g/mol. The van der Waals surface area contributed by atoms with E-state index in [9.17, 15) is 27.6 Å². The SMILES string of the molecule is CC(C)(C)OC(=O)C[C@H](NC(=O)OCC(F)(F)F)C(=O)O. The molecule has 0 aliphatic rings. The van der Waals surface area contributed by atoms with Crippen molar-refractivity contribution in [3.05, 3.63) is 0 Å². The molecule has 1 amide bonds. The molecule has 1 atom stereocenters. The molecule has 0 unspecified atom stereocenters. The first-order chi connectivity index (χ1) is 9.30. The summed E-state index contributed by atoms with van der Waals surface area (Å²) in [7, 11) is 0. The van der Waals surface area contributed by atoms with Crippen LogP contribution in [0.1, 0.15) is 27.2 Å². The fourth-order valence-corrected chi connectivity index (χ4v) is 1.08. The second-order valence-corrected chi connectivity index (χ2v) is 5.02. The van der Waals surface area contributed by atoms with Crippen molar-refractivity contribution in [1.82, 2.24) is 5.32 Å². The molecule has 21 heavy (non-hydrogen) atoms. The zero-order valence-corrected chi connectivity index (χ0v) is 11.6. The van der Waals surface area contributed by atoms with E-state index in [-0.39, 0.29) is 0 Å². The van der Waals surface area contributed by atoms with Crippen molar-refractivity contribution < 1.29 is 42.1 Å². The number of ether oxygens (including phenoxy) is 2. The van der Waals surface area contributed by atoms with E-state index in [4.69, 9.17) is 9.84 Å². The summed E-state index contributed by atoms with van der Waals surface area (Å²) in [6, 6.07) is -1.75. The molecule has 2 N–H and O–H groups in total. The highest BCUT2D eigenvalue weighted by Crippen LogP contribution is 2.14. The zero-order valence-electron chi connectivity index (χ0n) is 11.6. The van der Waals surface area contributed by atoms with Crippen LogP contribution in [0.15, 0.2) is 0 Å². The van der Waals surface area contributed by atoms with Crippen molar-refractivity contribution >= 4 is 18.0 Å². The van der Waals surface area contributed by atoms with E-state index in [0.29, 0.717) is 0 Å². The monoisotopic (exact) mass is 315 g/mol. The first-order valence-corrected chi connectivity index (χ1v) is 5.75. The van der Waals surface area contributed by atoms with Gasteiger partial charge >= 0.3 is 24.2 Å². The third-order valence-electron chi connectivity index (χ3n) is 1.75. The van der Waals surface area contributed by atoms with Crippen molar-refractivity contribution in [3.8, 4) is 0 Å². The zero-order chi connectivity index (χ0) is 16.8. The van der Waals surface area contributed by atoms with Crippen molar-refractivity contribution in [3.63, 3.8) is 0 Å². The maximum atomic E-state index is 11.8. The Morgan fingerprint density at radius 1 is 1.19 bits per heavy atom. The highest BCUT2D eigenvalue weighted by atomic mass is 19.4. The Labute approximate surface area is 118 Å². The minimum Gasteiger partial charge on any atom is -0.480 e. The number of hydrogen-bond acceptors (Lipinski definition) is 5. The van der Waals surface area contributed by atoms with Gasteiger partial charge in [0.15, 0.2) is 6.61 Å². The average Bonchev–Trinajstić information content (AvgIpc) is 2.21. The van der Waals surface area contributed by atoms with Crippen LogP contribution in [0.3, 0.4) is 0 Å². The molecule has 0 heterocycles. The van der Waals surface area contributed by atoms with Crippen LogP contribution in [0.2, 0.25) is 0 Å². The van der Waals surface area contributed by atoms with Crippen LogP contribution in [0, 0.1) is 0 Å². The number of halogens is 3. The van der Waals surface area contributed by atoms with E-state index in [1.165, 1.54) is 0 Å². The molecule has 0 fully saturated rings. The number of hydrogen-bond donors (Lipinski definition) is 2. The predicted octanol–water partition coefficient (Wildman–Crippen LogP) is 1.46. The van der Waals surface area contributed by atoms with Crippen LogP contribution < -0.4 is 5.32 Å². The minimum absolute atomic E-state index is 0.742. The van der Waals surface area contributed by atoms with Gasteiger partial charge in [-0.25, -0.2) is 9.59 Å². The van der Waals surface area contributed by atoms with E-state index in [1.54, 1.807) is 26.1 Å². The van der Waals surface area contributed by atoms with Gasteiger partial charge in [0.2, 0.25) is 0 Å². The quantitative estimate of drug-likeness (QED) is 0.745. The number of carbonyl (C=O) groups excluding carboxylic acids is 2. The van der Waals surface area contributed by atoms with E-state index in [1.807, 2.05) is 0 Å². The van der Waals surface area contributed by atoms with E-state index in [2.05, 4.69) is 4.74 Å². The first kappa shape index (κ1) is 19.0. The molecular formula is C11H16F3NO6. The number of alkyl halides is 3. The maximum absolute atomic E-state index is 11.8. The highest BCUT2D eigenvalue weighted by Gasteiger charge is 2.31. The molecule has 0 aliphatic heterocycles. The van der Waals surface area contributed by atoms with Crippen LogP contribution in [0.5, 0.6) is 0 Å². The van der Waals surface area contributed by atoms with Crippen LogP contribution in [-0.2, 0) is 19.1 Å². The summed E-state index contributed by atoms with van der Waals surface area (Å²) in [5.74, 6) is -2.53. The Hall–Kier alpha value is -2.00. The first-order valence-electron chi connectivity index (χ1n) is 5.75. The summed E-state index contributed by atoms with van der Waals surface area (Å²) < 4.78 is 44.1. The van der Waals surface area contributed by atoms with E-state index < -0.39 is 48.9 Å². The molecule has 0 bridgehead atoms. The number of rotatable bonds is 5. The summed E-state index contributed by atoms with van der Waals surface area (Å²) in [6.45, 7) is 2.78. The van der Waals surface area contributed by atoms with Gasteiger partial charge in [-0.1, -0.05) is 0 Å². The smallest absolute Gasteiger partial charge is 0.422 e. The Morgan fingerprint density at radius 3 is 2.10 bits per heavy atom. The molecule has 7 nitrogen and oxygen atoms in total. The van der Waals surface area contributed by atoms with Gasteiger partial charge in [-0.2, -0.15) is 13.2 Å². The normalized spacial score (nSPS) is 13.2. The molecule has 10 heteroatoms. The van der Waals surface area contributed by atoms with Crippen LogP contribution in [0.4, 0.5) is 18.0 Å². The van der Waals surface area contributed by atoms with Gasteiger partial charge in [-0.05, 0) is 20.8 Å². The molecule has 122 valence electrons. The predicted molar refractivity (Wildman–Crippen MR) is 62.4 cm³/mol. The Bertz CT molecular complexity index is 402. The van der Waals surface area contributed by atoms with Crippen molar-refractivity contribution in [2.75, 3.05) is 6.61 Å². The van der Waals surface area contributed by atoms with E-state index >= 15 is 0 Å². The highest BCUT2D eigenvalue weighted by molar-refractivity contribution is 5.85.